The number of halogens is 2. The molecule has 6 rings (SSSR count). The molecule has 7 nitrogen and oxygen atoms in total. The van der Waals surface area contributed by atoms with Crippen LogP contribution in [0, 0.1) is 28.4 Å². The molecule has 4 heterocycles. The summed E-state index contributed by atoms with van der Waals surface area (Å²) in [5.41, 5.74) is 4.00. The molecule has 32 heavy (non-hydrogen) atoms. The molecule has 0 radical (unpaired) electrons. The lowest BCUT2D eigenvalue weighted by atomic mass is 9.92. The third-order valence-electron chi connectivity index (χ3n) is 6.63. The SMILES string of the molecule is CN(C=N)C1Nc2cnccc2/C1=C1\C2c3cc(F)c(C#N)c(F)c3C3N=CC=CN3C12. The van der Waals surface area contributed by atoms with Gasteiger partial charge in [0.05, 0.1) is 24.3 Å². The van der Waals surface area contributed by atoms with Crippen molar-refractivity contribution in [3.8, 4) is 6.07 Å². The van der Waals surface area contributed by atoms with Crippen LogP contribution in [0.15, 0.2) is 47.4 Å². The molecule has 4 aliphatic rings. The maximum absolute atomic E-state index is 15.3. The van der Waals surface area contributed by atoms with Crippen molar-refractivity contribution in [3.05, 3.63) is 76.3 Å². The number of nitriles is 1. The zero-order valence-electron chi connectivity index (χ0n) is 16.9. The minimum atomic E-state index is -0.857. The van der Waals surface area contributed by atoms with Crippen LogP contribution in [0.4, 0.5) is 14.5 Å². The molecule has 158 valence electrons. The lowest BCUT2D eigenvalue weighted by molar-refractivity contribution is 0.254. The molecular weight excluding hydrogens is 412 g/mol. The van der Waals surface area contributed by atoms with Gasteiger partial charge in [-0.1, -0.05) is 0 Å². The first-order valence-electron chi connectivity index (χ1n) is 10.1. The number of hydrogen-bond acceptors (Lipinski definition) is 6. The lowest BCUT2D eigenvalue weighted by Crippen LogP contribution is -2.35. The largest absolute Gasteiger partial charge is 0.360 e. The van der Waals surface area contributed by atoms with Crippen LogP contribution in [0.2, 0.25) is 0 Å². The number of hydrogen-bond donors (Lipinski definition) is 2. The summed E-state index contributed by atoms with van der Waals surface area (Å²) in [6.07, 6.45) is 8.97. The molecule has 3 aliphatic heterocycles. The highest BCUT2D eigenvalue weighted by Gasteiger charge is 2.59. The Balaban J connectivity index is 1.61. The van der Waals surface area contributed by atoms with Crippen LogP contribution in [-0.4, -0.2) is 46.6 Å². The fourth-order valence-corrected chi connectivity index (χ4v) is 5.22. The van der Waals surface area contributed by atoms with Gasteiger partial charge in [-0.3, -0.25) is 15.4 Å². The molecule has 2 aromatic rings. The molecule has 1 saturated carbocycles. The fraction of sp³-hybridized carbons (Fsp3) is 0.217. The molecule has 1 aliphatic carbocycles. The Bertz CT molecular complexity index is 1320. The molecule has 1 fully saturated rings. The van der Waals surface area contributed by atoms with Gasteiger partial charge >= 0.3 is 0 Å². The topological polar surface area (TPSA) is 91.4 Å². The second-order valence-electron chi connectivity index (χ2n) is 8.18. The zero-order chi connectivity index (χ0) is 22.1. The van der Waals surface area contributed by atoms with E-state index in [1.807, 2.05) is 17.2 Å². The summed E-state index contributed by atoms with van der Waals surface area (Å²) in [5, 5.41) is 20.4. The molecule has 0 amide bonds. The van der Waals surface area contributed by atoms with Crippen molar-refractivity contribution in [2.24, 2.45) is 4.99 Å². The number of benzene rings is 1. The van der Waals surface area contributed by atoms with Crippen molar-refractivity contribution < 1.29 is 8.78 Å². The number of fused-ring (bicyclic) bond motifs is 7. The van der Waals surface area contributed by atoms with Crippen LogP contribution in [0.5, 0.6) is 0 Å². The minimum Gasteiger partial charge on any atom is -0.360 e. The van der Waals surface area contributed by atoms with E-state index in [1.54, 1.807) is 42.7 Å². The fourth-order valence-electron chi connectivity index (χ4n) is 5.22. The van der Waals surface area contributed by atoms with Crippen molar-refractivity contribution in [1.29, 1.82) is 10.7 Å². The Kier molecular flexibility index (Phi) is 3.78. The van der Waals surface area contributed by atoms with Gasteiger partial charge in [0, 0.05) is 48.3 Å². The van der Waals surface area contributed by atoms with E-state index in [0.717, 1.165) is 22.4 Å². The van der Waals surface area contributed by atoms with Gasteiger partial charge in [-0.2, -0.15) is 5.26 Å². The Morgan fingerprint density at radius 2 is 2.22 bits per heavy atom. The maximum atomic E-state index is 15.3. The third-order valence-corrected chi connectivity index (χ3v) is 6.63. The number of likely N-dealkylation sites (N-methyl/N-ethyl adjacent to an activating group) is 1. The van der Waals surface area contributed by atoms with Crippen LogP contribution >= 0.6 is 0 Å². The van der Waals surface area contributed by atoms with E-state index >= 15 is 4.39 Å². The van der Waals surface area contributed by atoms with Gasteiger partial charge in [-0.15, -0.1) is 0 Å². The number of anilines is 1. The van der Waals surface area contributed by atoms with Gasteiger partial charge < -0.3 is 15.1 Å². The molecule has 9 heteroatoms. The van der Waals surface area contributed by atoms with E-state index in [1.165, 1.54) is 12.4 Å². The van der Waals surface area contributed by atoms with Crippen LogP contribution in [0.1, 0.15) is 34.3 Å². The van der Waals surface area contributed by atoms with Crippen molar-refractivity contribution in [1.82, 2.24) is 14.8 Å². The summed E-state index contributed by atoms with van der Waals surface area (Å²) < 4.78 is 30.0. The van der Waals surface area contributed by atoms with Crippen molar-refractivity contribution >= 4 is 23.8 Å². The van der Waals surface area contributed by atoms with E-state index in [-0.39, 0.29) is 23.7 Å². The normalized spacial score (nSPS) is 28.1. The second kappa shape index (κ2) is 6.47. The highest BCUT2D eigenvalue weighted by Crippen LogP contribution is 2.63. The Morgan fingerprint density at radius 3 is 3.00 bits per heavy atom. The predicted octanol–water partition coefficient (Wildman–Crippen LogP) is 3.35. The highest BCUT2D eigenvalue weighted by atomic mass is 19.1. The average molecular weight is 429 g/mol. The van der Waals surface area contributed by atoms with Gasteiger partial charge in [0.2, 0.25) is 0 Å². The molecule has 4 atom stereocenters. The van der Waals surface area contributed by atoms with Gasteiger partial charge in [0.15, 0.2) is 5.82 Å². The van der Waals surface area contributed by atoms with Crippen LogP contribution < -0.4 is 5.32 Å². The van der Waals surface area contributed by atoms with Gasteiger partial charge in [0.25, 0.3) is 0 Å². The molecule has 1 aromatic heterocycles. The average Bonchev–Trinajstić information content (AvgIpc) is 3.43. The van der Waals surface area contributed by atoms with E-state index in [9.17, 15) is 9.65 Å². The summed E-state index contributed by atoms with van der Waals surface area (Å²) in [4.78, 5) is 12.4. The lowest BCUT2D eigenvalue weighted by Gasteiger charge is -2.35. The number of rotatable bonds is 2. The first kappa shape index (κ1) is 18.7. The summed E-state index contributed by atoms with van der Waals surface area (Å²) in [7, 11) is 1.80. The van der Waals surface area contributed by atoms with Crippen LogP contribution in [-0.2, 0) is 0 Å². The number of nitrogens with one attached hydrogen (secondary N) is 2. The molecule has 1 aromatic carbocycles. The monoisotopic (exact) mass is 429 g/mol. The van der Waals surface area contributed by atoms with Crippen molar-refractivity contribution in [2.75, 3.05) is 12.4 Å². The summed E-state index contributed by atoms with van der Waals surface area (Å²) in [5.74, 6) is -1.94. The van der Waals surface area contributed by atoms with E-state index in [0.29, 0.717) is 5.56 Å². The first-order valence-corrected chi connectivity index (χ1v) is 10.1. The van der Waals surface area contributed by atoms with Gasteiger partial charge in [-0.05, 0) is 29.3 Å². The Hall–Kier alpha value is -4.06. The summed E-state index contributed by atoms with van der Waals surface area (Å²) in [6.45, 7) is 0. The predicted molar refractivity (Wildman–Crippen MR) is 115 cm³/mol. The quantitative estimate of drug-likeness (QED) is 0.564. The number of pyridine rings is 1. The van der Waals surface area contributed by atoms with Crippen molar-refractivity contribution in [2.45, 2.75) is 24.3 Å². The number of nitrogens with zero attached hydrogens (tertiary/aromatic N) is 5. The number of aromatic nitrogens is 1. The molecule has 0 bridgehead atoms. The van der Waals surface area contributed by atoms with Gasteiger partial charge in [-0.25, -0.2) is 8.78 Å². The maximum Gasteiger partial charge on any atom is 0.151 e. The van der Waals surface area contributed by atoms with E-state index in [4.69, 9.17) is 5.41 Å². The van der Waals surface area contributed by atoms with E-state index < -0.39 is 23.4 Å². The van der Waals surface area contributed by atoms with Crippen molar-refractivity contribution in [3.63, 3.8) is 0 Å². The van der Waals surface area contributed by atoms with Gasteiger partial charge in [0.1, 0.15) is 29.8 Å². The Labute approximate surface area is 182 Å². The molecule has 4 unspecified atom stereocenters. The minimum absolute atomic E-state index is 0.120. The highest BCUT2D eigenvalue weighted by molar-refractivity contribution is 5.93. The second-order valence-corrected chi connectivity index (χ2v) is 8.18. The van der Waals surface area contributed by atoms with Crippen LogP contribution in [0.25, 0.3) is 5.57 Å². The zero-order valence-corrected chi connectivity index (χ0v) is 16.9. The number of allylic oxidation sites excluding steroid dienone is 1. The molecule has 0 spiro atoms. The number of aliphatic imine (C=N–C) groups is 1. The standard InChI is InChI=1S/C23H17F2N7/c1-31(10-27)23-17(11-3-5-28-9-15(11)30-23)19-16-12-7-14(24)13(8-26)20(25)18(12)22-29-4-2-6-32(22)21(16)19/h2-7,9-10,16,21-23,27,30H,1H3/b19-17-,27-10?. The summed E-state index contributed by atoms with van der Waals surface area (Å²) in [6, 6.07) is 4.73. The van der Waals surface area contributed by atoms with E-state index in [2.05, 4.69) is 15.3 Å². The summed E-state index contributed by atoms with van der Waals surface area (Å²) >= 11 is 0. The molecule has 0 saturated heterocycles. The van der Waals surface area contributed by atoms with Crippen LogP contribution in [0.3, 0.4) is 0 Å². The smallest absolute Gasteiger partial charge is 0.151 e. The Morgan fingerprint density at radius 1 is 1.38 bits per heavy atom. The third kappa shape index (κ3) is 2.29. The first-order chi connectivity index (χ1) is 15.6. The molecule has 2 N–H and O–H groups in total. The molecular formula is C23H17F2N7.